The van der Waals surface area contributed by atoms with Gasteiger partial charge in [0.2, 0.25) is 0 Å². The Kier molecular flexibility index (Phi) is 2.99. The van der Waals surface area contributed by atoms with Gasteiger partial charge in [0, 0.05) is 6.42 Å². The van der Waals surface area contributed by atoms with Crippen molar-refractivity contribution in [3.63, 3.8) is 0 Å². The highest BCUT2D eigenvalue weighted by atomic mass is 16.3. The largest absolute Gasteiger partial charge is 0.393 e. The van der Waals surface area contributed by atoms with Gasteiger partial charge in [-0.2, -0.15) is 0 Å². The maximum absolute atomic E-state index is 10.9. The molecule has 2 N–H and O–H groups in total. The van der Waals surface area contributed by atoms with E-state index >= 15 is 0 Å². The van der Waals surface area contributed by atoms with Crippen LogP contribution in [0.3, 0.4) is 0 Å². The Morgan fingerprint density at radius 2 is 2.00 bits per heavy atom. The smallest absolute Gasteiger partial charge is 0.166 e. The number of carbonyl (C=O) groups excluding carboxylic acids is 1. The average molecular weight is 146 g/mol. The van der Waals surface area contributed by atoms with Gasteiger partial charge in [-0.25, -0.2) is 0 Å². The number of ketones is 1. The summed E-state index contributed by atoms with van der Waals surface area (Å²) in [5.41, 5.74) is -1.31. The Bertz CT molecular complexity index is 121. The normalized spacial score (nSPS) is 14.9. The van der Waals surface area contributed by atoms with Crippen molar-refractivity contribution in [2.75, 3.05) is 0 Å². The Labute approximate surface area is 60.7 Å². The van der Waals surface area contributed by atoms with Crippen molar-refractivity contribution in [2.45, 2.75) is 38.9 Å². The lowest BCUT2D eigenvalue weighted by Crippen LogP contribution is -2.33. The predicted octanol–water partition coefficient (Wildman–Crippen LogP) is 0.0973. The van der Waals surface area contributed by atoms with Crippen molar-refractivity contribution in [3.8, 4) is 0 Å². The first kappa shape index (κ1) is 9.59. The highest BCUT2D eigenvalue weighted by Gasteiger charge is 2.24. The zero-order chi connectivity index (χ0) is 8.36. The van der Waals surface area contributed by atoms with Gasteiger partial charge in [-0.15, -0.1) is 0 Å². The molecule has 3 heteroatoms. The number of hydrogen-bond donors (Lipinski definition) is 2. The van der Waals surface area contributed by atoms with Crippen LogP contribution in [0.1, 0.15) is 27.2 Å². The van der Waals surface area contributed by atoms with Crippen molar-refractivity contribution in [2.24, 2.45) is 0 Å². The molecule has 1 atom stereocenters. The van der Waals surface area contributed by atoms with Crippen molar-refractivity contribution in [3.05, 3.63) is 0 Å². The number of aliphatic hydroxyl groups excluding tert-OH is 1. The average Bonchev–Trinajstić information content (AvgIpc) is 1.60. The van der Waals surface area contributed by atoms with Crippen molar-refractivity contribution in [1.29, 1.82) is 0 Å². The monoisotopic (exact) mass is 146 g/mol. The molecule has 0 amide bonds. The molecule has 0 bridgehead atoms. The molecule has 0 saturated carbocycles. The van der Waals surface area contributed by atoms with E-state index in [-0.39, 0.29) is 12.2 Å². The van der Waals surface area contributed by atoms with Crippen LogP contribution < -0.4 is 0 Å². The van der Waals surface area contributed by atoms with Crippen LogP contribution in [0.25, 0.3) is 0 Å². The summed E-state index contributed by atoms with van der Waals surface area (Å²) in [5, 5.41) is 17.8. The highest BCUT2D eigenvalue weighted by Crippen LogP contribution is 2.07. The quantitative estimate of drug-likeness (QED) is 0.593. The second kappa shape index (κ2) is 3.12. The van der Waals surface area contributed by atoms with E-state index in [1.807, 2.05) is 0 Å². The number of rotatable bonds is 3. The minimum Gasteiger partial charge on any atom is -0.393 e. The van der Waals surface area contributed by atoms with Gasteiger partial charge in [0.25, 0.3) is 0 Å². The molecule has 0 heterocycles. The van der Waals surface area contributed by atoms with Crippen molar-refractivity contribution in [1.82, 2.24) is 0 Å². The summed E-state index contributed by atoms with van der Waals surface area (Å²) in [4.78, 5) is 10.9. The topological polar surface area (TPSA) is 57.5 Å². The van der Waals surface area contributed by atoms with E-state index in [1.165, 1.54) is 20.8 Å². The molecule has 0 aromatic rings. The molecule has 1 unspecified atom stereocenters. The summed E-state index contributed by atoms with van der Waals surface area (Å²) in [5.74, 6) is -0.331. The van der Waals surface area contributed by atoms with E-state index in [2.05, 4.69) is 0 Å². The van der Waals surface area contributed by atoms with Gasteiger partial charge < -0.3 is 10.2 Å². The minimum absolute atomic E-state index is 0.0174. The zero-order valence-electron chi connectivity index (χ0n) is 6.59. The molecule has 3 nitrogen and oxygen atoms in total. The fourth-order valence-corrected chi connectivity index (χ4v) is 0.518. The molecule has 0 radical (unpaired) electrons. The van der Waals surface area contributed by atoms with Gasteiger partial charge in [-0.1, -0.05) is 0 Å². The van der Waals surface area contributed by atoms with E-state index in [0.717, 1.165) is 0 Å². The number of carbonyl (C=O) groups is 1. The van der Waals surface area contributed by atoms with E-state index in [9.17, 15) is 4.79 Å². The molecule has 0 aliphatic heterocycles. The maximum Gasteiger partial charge on any atom is 0.166 e. The molecule has 10 heavy (non-hydrogen) atoms. The van der Waals surface area contributed by atoms with Crippen LogP contribution >= 0.6 is 0 Å². The number of hydrogen-bond acceptors (Lipinski definition) is 3. The van der Waals surface area contributed by atoms with Crippen LogP contribution in [-0.4, -0.2) is 27.7 Å². The summed E-state index contributed by atoms with van der Waals surface area (Å²) in [6, 6.07) is 0. The maximum atomic E-state index is 10.9. The Balaban J connectivity index is 3.87. The molecule has 0 aromatic heterocycles. The molecule has 0 rings (SSSR count). The van der Waals surface area contributed by atoms with Crippen molar-refractivity contribution < 1.29 is 15.0 Å². The summed E-state index contributed by atoms with van der Waals surface area (Å²) in [6.45, 7) is 4.35. The Morgan fingerprint density at radius 3 is 2.10 bits per heavy atom. The van der Waals surface area contributed by atoms with Crippen LogP contribution in [0.15, 0.2) is 0 Å². The van der Waals surface area contributed by atoms with E-state index < -0.39 is 11.7 Å². The van der Waals surface area contributed by atoms with E-state index in [1.54, 1.807) is 0 Å². The summed E-state index contributed by atoms with van der Waals surface area (Å²) in [6.07, 6.45) is -0.650. The van der Waals surface area contributed by atoms with Crippen LogP contribution in [0.4, 0.5) is 0 Å². The molecule has 60 valence electrons. The Hall–Kier alpha value is -0.410. The SMILES string of the molecule is CC(O)CC(=O)C(C)(C)O. The van der Waals surface area contributed by atoms with E-state index in [0.29, 0.717) is 0 Å². The fourth-order valence-electron chi connectivity index (χ4n) is 0.518. The lowest BCUT2D eigenvalue weighted by molar-refractivity contribution is -0.135. The molecule has 0 aromatic carbocycles. The number of aliphatic hydroxyl groups is 2. The van der Waals surface area contributed by atoms with Crippen LogP contribution in [0, 0.1) is 0 Å². The zero-order valence-corrected chi connectivity index (χ0v) is 6.59. The van der Waals surface area contributed by atoms with Gasteiger partial charge in [0.15, 0.2) is 5.78 Å². The third-order valence-electron chi connectivity index (χ3n) is 1.16. The molecular formula is C7H14O3. The molecule has 0 aliphatic carbocycles. The highest BCUT2D eigenvalue weighted by molar-refractivity contribution is 5.86. The molecule has 0 spiro atoms. The first-order valence-electron chi connectivity index (χ1n) is 3.28. The first-order valence-corrected chi connectivity index (χ1v) is 3.28. The predicted molar refractivity (Wildman–Crippen MR) is 37.6 cm³/mol. The second-order valence-electron chi connectivity index (χ2n) is 3.04. The lowest BCUT2D eigenvalue weighted by Gasteiger charge is -2.15. The van der Waals surface area contributed by atoms with Gasteiger partial charge in [0.1, 0.15) is 5.60 Å². The summed E-state index contributed by atoms with van der Waals surface area (Å²) < 4.78 is 0. The molecule has 0 saturated heterocycles. The van der Waals surface area contributed by atoms with E-state index in [4.69, 9.17) is 10.2 Å². The van der Waals surface area contributed by atoms with Gasteiger partial charge in [-0.3, -0.25) is 4.79 Å². The van der Waals surface area contributed by atoms with Crippen LogP contribution in [-0.2, 0) is 4.79 Å². The lowest BCUT2D eigenvalue weighted by atomic mass is 9.99. The third-order valence-corrected chi connectivity index (χ3v) is 1.16. The summed E-state index contributed by atoms with van der Waals surface area (Å²) >= 11 is 0. The van der Waals surface area contributed by atoms with Gasteiger partial charge in [-0.05, 0) is 20.8 Å². The summed E-state index contributed by atoms with van der Waals surface area (Å²) in [7, 11) is 0. The number of Topliss-reactive ketones (excluding diaryl/α,β-unsaturated/α-hetero) is 1. The molecule has 0 fully saturated rings. The van der Waals surface area contributed by atoms with Gasteiger partial charge in [0.05, 0.1) is 6.10 Å². The Morgan fingerprint density at radius 1 is 1.60 bits per heavy atom. The van der Waals surface area contributed by atoms with Crippen LogP contribution in [0.2, 0.25) is 0 Å². The standard InChI is InChI=1S/C7H14O3/c1-5(8)4-6(9)7(2,3)10/h5,8,10H,4H2,1-3H3. The second-order valence-corrected chi connectivity index (χ2v) is 3.04. The van der Waals surface area contributed by atoms with Crippen molar-refractivity contribution >= 4 is 5.78 Å². The molecular weight excluding hydrogens is 132 g/mol. The minimum atomic E-state index is -1.31. The first-order chi connectivity index (χ1) is 4.34. The van der Waals surface area contributed by atoms with Crippen LogP contribution in [0.5, 0.6) is 0 Å². The van der Waals surface area contributed by atoms with Gasteiger partial charge >= 0.3 is 0 Å². The molecule has 0 aliphatic rings. The fraction of sp³-hybridized carbons (Fsp3) is 0.857. The third kappa shape index (κ3) is 3.58.